The van der Waals surface area contributed by atoms with Gasteiger partial charge < -0.3 is 10.1 Å². The number of thioether (sulfide) groups is 1. The molecule has 6 nitrogen and oxygen atoms in total. The van der Waals surface area contributed by atoms with Crippen LogP contribution in [-0.4, -0.2) is 34.2 Å². The number of thiophene rings is 2. The van der Waals surface area contributed by atoms with Gasteiger partial charge in [-0.25, -0.2) is 14.8 Å². The van der Waals surface area contributed by atoms with E-state index in [1.165, 1.54) is 39.1 Å². The molecular weight excluding hydrogens is 535 g/mol. The number of esters is 1. The van der Waals surface area contributed by atoms with Gasteiger partial charge in [-0.1, -0.05) is 56.8 Å². The number of benzene rings is 1. The van der Waals surface area contributed by atoms with Gasteiger partial charge in [-0.05, 0) is 55.2 Å². The molecule has 1 aliphatic rings. The summed E-state index contributed by atoms with van der Waals surface area (Å²) in [6, 6.07) is 8.22. The quantitative estimate of drug-likeness (QED) is 0.143. The van der Waals surface area contributed by atoms with Gasteiger partial charge in [0.2, 0.25) is 5.91 Å². The molecular formula is C29H31N3O3S3. The van der Waals surface area contributed by atoms with Crippen LogP contribution in [0.25, 0.3) is 21.3 Å². The first-order valence-corrected chi connectivity index (χ1v) is 15.4. The number of carbonyl (C=O) groups excluding carboxylic acids is 2. The molecule has 3 heterocycles. The predicted molar refractivity (Wildman–Crippen MR) is 158 cm³/mol. The molecule has 38 heavy (non-hydrogen) atoms. The number of rotatable bonds is 7. The van der Waals surface area contributed by atoms with Crippen molar-refractivity contribution in [1.29, 1.82) is 0 Å². The second-order valence-electron chi connectivity index (χ2n) is 10.4. The van der Waals surface area contributed by atoms with Crippen LogP contribution in [-0.2, 0) is 27.8 Å². The van der Waals surface area contributed by atoms with E-state index >= 15 is 0 Å². The van der Waals surface area contributed by atoms with Gasteiger partial charge in [0.25, 0.3) is 0 Å². The fraction of sp³-hybridized carbons (Fsp3) is 0.379. The molecule has 0 bridgehead atoms. The van der Waals surface area contributed by atoms with Crippen LogP contribution in [0.4, 0.5) is 5.00 Å². The van der Waals surface area contributed by atoms with Crippen molar-refractivity contribution in [2.24, 2.45) is 0 Å². The first-order valence-electron chi connectivity index (χ1n) is 12.8. The summed E-state index contributed by atoms with van der Waals surface area (Å²) in [5.74, 6) is 0.276. The van der Waals surface area contributed by atoms with E-state index in [0.29, 0.717) is 16.4 Å². The van der Waals surface area contributed by atoms with Gasteiger partial charge in [0, 0.05) is 21.2 Å². The molecule has 1 aromatic carbocycles. The van der Waals surface area contributed by atoms with Gasteiger partial charge in [0.15, 0.2) is 0 Å². The highest BCUT2D eigenvalue weighted by molar-refractivity contribution is 8.00. The van der Waals surface area contributed by atoms with Crippen molar-refractivity contribution in [2.75, 3.05) is 17.7 Å². The summed E-state index contributed by atoms with van der Waals surface area (Å²) in [7, 11) is 0. The van der Waals surface area contributed by atoms with Crippen molar-refractivity contribution in [3.8, 4) is 11.1 Å². The number of anilines is 1. The molecule has 0 saturated heterocycles. The number of nitrogens with zero attached hydrogens (tertiary/aromatic N) is 2. The SMILES string of the molecule is CCOC(=O)c1c(-c2ccc(C(C)(C)C)cc2)csc1NC(=O)CSc1nc(C)nc2sc3c(c12)CCC3. The standard InChI is InChI=1S/C29H31N3O3S3/c1-6-35-28(34)24-20(17-10-12-18(13-11-17)29(3,4)5)14-36-26(24)32-22(33)15-37-25-23-19-8-7-9-21(19)38-27(23)31-16(2)30-25/h10-14H,6-9,15H2,1-5H3,(H,32,33). The normalized spacial score (nSPS) is 13.1. The van der Waals surface area contributed by atoms with Crippen molar-refractivity contribution in [3.63, 3.8) is 0 Å². The lowest BCUT2D eigenvalue weighted by Gasteiger charge is -2.19. The smallest absolute Gasteiger partial charge is 0.341 e. The summed E-state index contributed by atoms with van der Waals surface area (Å²) in [6.45, 7) is 10.4. The summed E-state index contributed by atoms with van der Waals surface area (Å²) >= 11 is 4.52. The largest absolute Gasteiger partial charge is 0.462 e. The minimum atomic E-state index is -0.437. The van der Waals surface area contributed by atoms with Gasteiger partial charge in [0.05, 0.1) is 12.4 Å². The maximum atomic E-state index is 13.1. The Labute approximate surface area is 235 Å². The third kappa shape index (κ3) is 5.37. The number of aryl methyl sites for hydroxylation is 3. The number of carbonyl (C=O) groups is 2. The minimum absolute atomic E-state index is 0.0326. The van der Waals surface area contributed by atoms with E-state index in [1.807, 2.05) is 24.4 Å². The van der Waals surface area contributed by atoms with Crippen LogP contribution in [0.1, 0.15) is 66.3 Å². The van der Waals surface area contributed by atoms with Gasteiger partial charge in [0.1, 0.15) is 26.2 Å². The fourth-order valence-corrected chi connectivity index (χ4v) is 7.93. The molecule has 0 aliphatic heterocycles. The van der Waals surface area contributed by atoms with Crippen LogP contribution in [0.2, 0.25) is 0 Å². The monoisotopic (exact) mass is 565 g/mol. The van der Waals surface area contributed by atoms with Crippen molar-refractivity contribution in [3.05, 3.63) is 57.0 Å². The Morgan fingerprint density at radius 1 is 1.13 bits per heavy atom. The molecule has 0 atom stereocenters. The molecule has 0 fully saturated rings. The van der Waals surface area contributed by atoms with Gasteiger partial charge in [-0.15, -0.1) is 22.7 Å². The lowest BCUT2D eigenvalue weighted by Crippen LogP contribution is -2.16. The van der Waals surface area contributed by atoms with Crippen LogP contribution in [0.3, 0.4) is 0 Å². The van der Waals surface area contributed by atoms with E-state index in [4.69, 9.17) is 4.74 Å². The summed E-state index contributed by atoms with van der Waals surface area (Å²) in [5, 5.41) is 7.35. The Balaban J connectivity index is 1.38. The zero-order valence-corrected chi connectivity index (χ0v) is 24.7. The van der Waals surface area contributed by atoms with Crippen LogP contribution < -0.4 is 5.32 Å². The zero-order valence-electron chi connectivity index (χ0n) is 22.3. The second-order valence-corrected chi connectivity index (χ2v) is 13.3. The molecule has 0 radical (unpaired) electrons. The molecule has 0 saturated carbocycles. The fourth-order valence-electron chi connectivity index (χ4n) is 4.68. The van der Waals surface area contributed by atoms with Crippen molar-refractivity contribution >= 4 is 61.5 Å². The summed E-state index contributed by atoms with van der Waals surface area (Å²) < 4.78 is 5.37. The number of fused-ring (bicyclic) bond motifs is 3. The minimum Gasteiger partial charge on any atom is -0.462 e. The number of nitrogens with one attached hydrogen (secondary N) is 1. The van der Waals surface area contributed by atoms with Gasteiger partial charge in [-0.3, -0.25) is 4.79 Å². The maximum absolute atomic E-state index is 13.1. The Bertz CT molecular complexity index is 1510. The molecule has 0 spiro atoms. The second kappa shape index (κ2) is 10.8. The lowest BCUT2D eigenvalue weighted by molar-refractivity contribution is -0.113. The number of ether oxygens (including phenoxy) is 1. The Kier molecular flexibility index (Phi) is 7.62. The summed E-state index contributed by atoms with van der Waals surface area (Å²) in [5.41, 5.74) is 4.67. The van der Waals surface area contributed by atoms with E-state index in [-0.39, 0.29) is 23.7 Å². The Morgan fingerprint density at radius 3 is 2.61 bits per heavy atom. The number of aromatic nitrogens is 2. The lowest BCUT2D eigenvalue weighted by atomic mass is 9.86. The zero-order chi connectivity index (χ0) is 27.0. The maximum Gasteiger partial charge on any atom is 0.341 e. The molecule has 1 amide bonds. The third-order valence-corrected chi connectivity index (χ3v) is 9.63. The highest BCUT2D eigenvalue weighted by atomic mass is 32.2. The van der Waals surface area contributed by atoms with Crippen molar-refractivity contribution < 1.29 is 14.3 Å². The highest BCUT2D eigenvalue weighted by Crippen LogP contribution is 2.41. The Morgan fingerprint density at radius 2 is 1.89 bits per heavy atom. The van der Waals surface area contributed by atoms with Gasteiger partial charge in [-0.2, -0.15) is 0 Å². The van der Waals surface area contributed by atoms with Crippen molar-refractivity contribution in [2.45, 2.75) is 64.3 Å². The first kappa shape index (κ1) is 26.8. The van der Waals surface area contributed by atoms with E-state index in [1.54, 1.807) is 18.3 Å². The average molecular weight is 566 g/mol. The molecule has 4 aromatic rings. The van der Waals surface area contributed by atoms with E-state index in [9.17, 15) is 9.59 Å². The van der Waals surface area contributed by atoms with E-state index in [2.05, 4.69) is 48.2 Å². The van der Waals surface area contributed by atoms with Gasteiger partial charge >= 0.3 is 5.97 Å². The van der Waals surface area contributed by atoms with Crippen LogP contribution in [0, 0.1) is 6.92 Å². The molecule has 9 heteroatoms. The number of hydrogen-bond donors (Lipinski definition) is 1. The molecule has 0 unspecified atom stereocenters. The highest BCUT2D eigenvalue weighted by Gasteiger charge is 2.25. The molecule has 198 valence electrons. The molecule has 1 N–H and O–H groups in total. The van der Waals surface area contributed by atoms with Crippen molar-refractivity contribution in [1.82, 2.24) is 9.97 Å². The first-order chi connectivity index (χ1) is 18.2. The third-order valence-electron chi connectivity index (χ3n) is 6.57. The topological polar surface area (TPSA) is 81.2 Å². The molecule has 5 rings (SSSR count). The Hall–Kier alpha value is -2.75. The average Bonchev–Trinajstić information content (AvgIpc) is 3.57. The van der Waals surface area contributed by atoms with Crippen LogP contribution in [0.5, 0.6) is 0 Å². The van der Waals surface area contributed by atoms with Crippen LogP contribution in [0.15, 0.2) is 34.7 Å². The number of amides is 1. The number of hydrogen-bond acceptors (Lipinski definition) is 8. The predicted octanol–water partition coefficient (Wildman–Crippen LogP) is 7.42. The molecule has 3 aromatic heterocycles. The van der Waals surface area contributed by atoms with Crippen LogP contribution >= 0.6 is 34.4 Å². The summed E-state index contributed by atoms with van der Waals surface area (Å²) in [4.78, 5) is 37.8. The molecule has 1 aliphatic carbocycles. The van der Waals surface area contributed by atoms with E-state index in [0.717, 1.165) is 45.6 Å². The summed E-state index contributed by atoms with van der Waals surface area (Å²) in [6.07, 6.45) is 3.29. The van der Waals surface area contributed by atoms with E-state index < -0.39 is 5.97 Å².